The Kier molecular flexibility index (Phi) is 9.43. The van der Waals surface area contributed by atoms with E-state index in [4.69, 9.17) is 9.47 Å². The summed E-state index contributed by atoms with van der Waals surface area (Å²) in [7, 11) is 3.52. The van der Waals surface area contributed by atoms with Crippen molar-refractivity contribution < 1.29 is 14.3 Å². The van der Waals surface area contributed by atoms with Crippen molar-refractivity contribution in [1.29, 1.82) is 0 Å². The fraction of sp³-hybridized carbons (Fsp3) is 0.900. The van der Waals surface area contributed by atoms with Gasteiger partial charge in [-0.05, 0) is 19.4 Å². The third-order valence-electron chi connectivity index (χ3n) is 6.31. The summed E-state index contributed by atoms with van der Waals surface area (Å²) in [5.41, 5.74) is 0.0724. The molecule has 8 nitrogen and oxygen atoms in total. The first-order valence-electron chi connectivity index (χ1n) is 10.6. The molecule has 3 unspecified atom stereocenters. The predicted octanol–water partition coefficient (Wildman–Crippen LogP) is 0.764. The summed E-state index contributed by atoms with van der Waals surface area (Å²) < 4.78 is 11.3. The molecule has 0 aromatic heterocycles. The quantitative estimate of drug-likeness (QED) is 0.222. The largest absolute Gasteiger partial charge is 0.379 e. The van der Waals surface area contributed by atoms with Gasteiger partial charge in [-0.1, -0.05) is 13.8 Å². The third-order valence-corrected chi connectivity index (χ3v) is 6.31. The van der Waals surface area contributed by atoms with Crippen molar-refractivity contribution >= 4 is 35.8 Å². The van der Waals surface area contributed by atoms with Crippen molar-refractivity contribution in [2.24, 2.45) is 16.3 Å². The van der Waals surface area contributed by atoms with Gasteiger partial charge >= 0.3 is 0 Å². The molecule has 0 bridgehead atoms. The zero-order valence-electron chi connectivity index (χ0n) is 18.3. The Balaban J connectivity index is 0.00000300. The van der Waals surface area contributed by atoms with Gasteiger partial charge in [0.2, 0.25) is 5.91 Å². The Labute approximate surface area is 192 Å². The number of carbonyl (C=O) groups is 1. The summed E-state index contributed by atoms with van der Waals surface area (Å²) in [5.74, 6) is 1.27. The van der Waals surface area contributed by atoms with Crippen LogP contribution in [-0.4, -0.2) is 100 Å². The van der Waals surface area contributed by atoms with Gasteiger partial charge in [-0.2, -0.15) is 0 Å². The van der Waals surface area contributed by atoms with Crippen molar-refractivity contribution in [2.75, 3.05) is 66.6 Å². The van der Waals surface area contributed by atoms with E-state index < -0.39 is 0 Å². The molecule has 0 aromatic rings. The van der Waals surface area contributed by atoms with Gasteiger partial charge in [0.05, 0.1) is 19.3 Å². The first-order chi connectivity index (χ1) is 13.4. The molecule has 1 aliphatic carbocycles. The normalized spacial score (nSPS) is 28.7. The first kappa shape index (κ1) is 24.6. The fourth-order valence-electron chi connectivity index (χ4n) is 4.54. The topological polar surface area (TPSA) is 78.4 Å². The molecule has 2 N–H and O–H groups in total. The summed E-state index contributed by atoms with van der Waals surface area (Å²) in [6.45, 7) is 11.1. The van der Waals surface area contributed by atoms with Crippen LogP contribution in [0.3, 0.4) is 0 Å². The maximum atomic E-state index is 12.0. The maximum absolute atomic E-state index is 12.0. The van der Waals surface area contributed by atoms with Crippen LogP contribution >= 0.6 is 24.0 Å². The Hall–Kier alpha value is -0.650. The fourth-order valence-corrected chi connectivity index (χ4v) is 4.54. The van der Waals surface area contributed by atoms with Crippen LogP contribution < -0.4 is 10.6 Å². The lowest BCUT2D eigenvalue weighted by Crippen LogP contribution is -2.68. The second-order valence-corrected chi connectivity index (χ2v) is 8.87. The van der Waals surface area contributed by atoms with Crippen molar-refractivity contribution in [3.8, 4) is 0 Å². The molecule has 2 heterocycles. The van der Waals surface area contributed by atoms with Gasteiger partial charge in [0, 0.05) is 57.7 Å². The number of hydrogen-bond acceptors (Lipinski definition) is 5. The molecule has 3 aliphatic rings. The average Bonchev–Trinajstić information content (AvgIpc) is 3.14. The highest BCUT2D eigenvalue weighted by Crippen LogP contribution is 2.52. The number of nitrogens with one attached hydrogen (secondary N) is 2. The Morgan fingerprint density at radius 2 is 1.97 bits per heavy atom. The molecule has 1 saturated carbocycles. The molecular formula is C20H38IN5O3. The number of nitrogens with zero attached hydrogens (tertiary/aromatic N) is 3. The van der Waals surface area contributed by atoms with E-state index in [2.05, 4.69) is 34.4 Å². The van der Waals surface area contributed by atoms with Gasteiger partial charge < -0.3 is 25.0 Å². The monoisotopic (exact) mass is 523 g/mol. The van der Waals surface area contributed by atoms with Gasteiger partial charge in [0.25, 0.3) is 0 Å². The predicted molar refractivity (Wildman–Crippen MR) is 125 cm³/mol. The summed E-state index contributed by atoms with van der Waals surface area (Å²) in [6.07, 6.45) is 2.45. The number of halogens is 1. The van der Waals surface area contributed by atoms with Crippen LogP contribution in [0.5, 0.6) is 0 Å². The summed E-state index contributed by atoms with van der Waals surface area (Å²) in [5, 5.41) is 7.04. The number of carbonyl (C=O) groups excluding carboxylic acids is 1. The van der Waals surface area contributed by atoms with E-state index in [1.54, 1.807) is 19.0 Å². The third kappa shape index (κ3) is 6.18. The second-order valence-electron chi connectivity index (χ2n) is 8.87. The van der Waals surface area contributed by atoms with E-state index in [0.717, 1.165) is 64.8 Å². The summed E-state index contributed by atoms with van der Waals surface area (Å²) >= 11 is 0. The zero-order valence-corrected chi connectivity index (χ0v) is 20.6. The number of guanidine groups is 1. The van der Waals surface area contributed by atoms with Crippen LogP contribution in [-0.2, 0) is 14.3 Å². The second kappa shape index (κ2) is 11.1. The van der Waals surface area contributed by atoms with Gasteiger partial charge in [0.1, 0.15) is 6.54 Å². The number of hydrogen-bond donors (Lipinski definition) is 2. The Morgan fingerprint density at radius 3 is 2.66 bits per heavy atom. The molecule has 1 amide bonds. The van der Waals surface area contributed by atoms with E-state index >= 15 is 0 Å². The van der Waals surface area contributed by atoms with Crippen LogP contribution in [0.1, 0.15) is 26.7 Å². The Morgan fingerprint density at radius 1 is 1.24 bits per heavy atom. The van der Waals surface area contributed by atoms with Crippen molar-refractivity contribution in [2.45, 2.75) is 38.8 Å². The van der Waals surface area contributed by atoms with Crippen molar-refractivity contribution in [3.05, 3.63) is 0 Å². The van der Waals surface area contributed by atoms with E-state index in [-0.39, 0.29) is 41.8 Å². The molecule has 0 aromatic carbocycles. The number of amides is 1. The molecule has 2 saturated heterocycles. The van der Waals surface area contributed by atoms with Gasteiger partial charge in [-0.25, -0.2) is 4.99 Å². The standard InChI is InChI=1S/C20H37N5O3.HI/c1-20(2)17(15-6-11-28-18(15)20)23-19(22-14-16(26)24(3)4)21-7-5-8-25-9-12-27-13-10-25;/h15,17-18H,5-14H2,1-4H3,(H2,21,22,23);1H. The molecule has 3 atom stereocenters. The molecule has 0 radical (unpaired) electrons. The van der Waals surface area contributed by atoms with Gasteiger partial charge in [0.15, 0.2) is 5.96 Å². The number of ether oxygens (including phenoxy) is 2. The van der Waals surface area contributed by atoms with Crippen LogP contribution in [0, 0.1) is 11.3 Å². The van der Waals surface area contributed by atoms with Gasteiger partial charge in [-0.3, -0.25) is 9.69 Å². The number of fused-ring (bicyclic) bond motifs is 1. The average molecular weight is 523 g/mol. The highest BCUT2D eigenvalue weighted by Gasteiger charge is 2.59. The Bertz CT molecular complexity index is 566. The minimum Gasteiger partial charge on any atom is -0.379 e. The van der Waals surface area contributed by atoms with Crippen molar-refractivity contribution in [1.82, 2.24) is 20.4 Å². The molecule has 3 rings (SSSR count). The van der Waals surface area contributed by atoms with E-state index in [1.807, 2.05) is 0 Å². The number of aliphatic imine (C=N–C) groups is 1. The molecule has 2 aliphatic heterocycles. The van der Waals surface area contributed by atoms with Crippen LogP contribution in [0.4, 0.5) is 0 Å². The van der Waals surface area contributed by atoms with Crippen LogP contribution in [0.2, 0.25) is 0 Å². The molecule has 9 heteroatoms. The highest BCUT2D eigenvalue weighted by atomic mass is 127. The SMILES string of the molecule is CN(C)C(=O)CN=C(NCCCN1CCOCC1)NC1C2CCOC2C1(C)C.I. The molecular weight excluding hydrogens is 485 g/mol. The minimum absolute atomic E-state index is 0. The number of rotatable bonds is 7. The number of likely N-dealkylation sites (N-methyl/N-ethyl adjacent to an activating group) is 1. The van der Waals surface area contributed by atoms with E-state index in [9.17, 15) is 4.79 Å². The first-order valence-corrected chi connectivity index (χ1v) is 10.6. The number of morpholine rings is 1. The molecule has 168 valence electrons. The molecule has 3 fully saturated rings. The molecule has 0 spiro atoms. The summed E-state index contributed by atoms with van der Waals surface area (Å²) in [6, 6.07) is 0.319. The highest BCUT2D eigenvalue weighted by molar-refractivity contribution is 14.0. The lowest BCUT2D eigenvalue weighted by Gasteiger charge is -2.54. The lowest BCUT2D eigenvalue weighted by molar-refractivity contribution is -0.127. The van der Waals surface area contributed by atoms with Crippen molar-refractivity contribution in [3.63, 3.8) is 0 Å². The smallest absolute Gasteiger partial charge is 0.243 e. The lowest BCUT2D eigenvalue weighted by atomic mass is 9.57. The van der Waals surface area contributed by atoms with E-state index in [0.29, 0.717) is 18.1 Å². The maximum Gasteiger partial charge on any atom is 0.243 e. The minimum atomic E-state index is 0. The van der Waals surface area contributed by atoms with Crippen LogP contribution in [0.15, 0.2) is 4.99 Å². The van der Waals surface area contributed by atoms with Gasteiger partial charge in [-0.15, -0.1) is 24.0 Å². The zero-order chi connectivity index (χ0) is 20.1. The molecule has 29 heavy (non-hydrogen) atoms. The van der Waals surface area contributed by atoms with Crippen LogP contribution in [0.25, 0.3) is 0 Å². The summed E-state index contributed by atoms with van der Waals surface area (Å²) in [4.78, 5) is 20.6. The van der Waals surface area contributed by atoms with E-state index in [1.165, 1.54) is 0 Å².